The van der Waals surface area contributed by atoms with Crippen LogP contribution < -0.4 is 0 Å². The molecule has 4 unspecified atom stereocenters. The number of Topliss-reactive ketones (excluding diaryl/α,β-unsaturated/α-hetero) is 1. The van der Waals surface area contributed by atoms with Gasteiger partial charge < -0.3 is 5.11 Å². The van der Waals surface area contributed by atoms with Crippen LogP contribution in [0.1, 0.15) is 19.8 Å². The largest absolute Gasteiger partial charge is 0.481 e. The Hall–Kier alpha value is -1.74. The van der Waals surface area contributed by atoms with Crippen molar-refractivity contribution < 1.29 is 14.7 Å². The number of rotatable bonds is 2. The van der Waals surface area contributed by atoms with Crippen molar-refractivity contribution in [3.63, 3.8) is 0 Å². The third kappa shape index (κ3) is 2.25. The Morgan fingerprint density at radius 3 is 1.88 bits per heavy atom. The first-order chi connectivity index (χ1) is 7.51. The molecule has 1 aliphatic carbocycles. The zero-order chi connectivity index (χ0) is 12.3. The van der Waals surface area contributed by atoms with Gasteiger partial charge in [-0.15, -0.1) is 24.7 Å². The quantitative estimate of drug-likeness (QED) is 0.708. The fourth-order valence-corrected chi connectivity index (χ4v) is 2.29. The van der Waals surface area contributed by atoms with Crippen molar-refractivity contribution in [3.8, 4) is 24.7 Å². The average Bonchev–Trinajstić information content (AvgIpc) is 2.26. The van der Waals surface area contributed by atoms with Gasteiger partial charge in [-0.1, -0.05) is 0 Å². The molecule has 1 fully saturated rings. The number of terminal acetylenes is 2. The van der Waals surface area contributed by atoms with E-state index in [1.807, 2.05) is 0 Å². The third-order valence-corrected chi connectivity index (χ3v) is 3.25. The van der Waals surface area contributed by atoms with E-state index in [2.05, 4.69) is 11.8 Å². The number of carbonyl (C=O) groups excluding carboxylic acids is 1. The summed E-state index contributed by atoms with van der Waals surface area (Å²) in [6, 6.07) is 0. The van der Waals surface area contributed by atoms with Crippen LogP contribution in [0.4, 0.5) is 0 Å². The monoisotopic (exact) mass is 218 g/mol. The molecule has 1 saturated carbocycles. The van der Waals surface area contributed by atoms with E-state index in [0.29, 0.717) is 12.8 Å². The zero-order valence-electron chi connectivity index (χ0n) is 9.14. The highest BCUT2D eigenvalue weighted by atomic mass is 16.4. The van der Waals surface area contributed by atoms with E-state index in [1.165, 1.54) is 6.92 Å². The maximum Gasteiger partial charge on any atom is 0.307 e. The standard InChI is InChI=1S/C13H14O3/c1-4-9-6-11(8(3)14)12(13(15)16)7-10(9)5-2/h1-2,9-12H,6-7H2,3H3,(H,15,16). The Morgan fingerprint density at radius 1 is 1.12 bits per heavy atom. The fourth-order valence-electron chi connectivity index (χ4n) is 2.29. The molecule has 0 aromatic carbocycles. The van der Waals surface area contributed by atoms with Crippen LogP contribution in [0.25, 0.3) is 0 Å². The van der Waals surface area contributed by atoms with E-state index in [9.17, 15) is 9.59 Å². The summed E-state index contributed by atoms with van der Waals surface area (Å²) in [7, 11) is 0. The molecule has 3 nitrogen and oxygen atoms in total. The lowest BCUT2D eigenvalue weighted by molar-refractivity contribution is -0.149. The maximum atomic E-state index is 11.4. The molecule has 0 aromatic heterocycles. The molecule has 0 aromatic rings. The molecule has 84 valence electrons. The first-order valence-corrected chi connectivity index (χ1v) is 5.16. The smallest absolute Gasteiger partial charge is 0.307 e. The first-order valence-electron chi connectivity index (χ1n) is 5.16. The van der Waals surface area contributed by atoms with Crippen LogP contribution in [0, 0.1) is 48.4 Å². The molecule has 0 bridgehead atoms. The number of carbonyl (C=O) groups is 2. The van der Waals surface area contributed by atoms with Crippen molar-refractivity contribution in [2.75, 3.05) is 0 Å². The predicted octanol–water partition coefficient (Wildman–Crippen LogP) is 1.19. The highest BCUT2D eigenvalue weighted by molar-refractivity contribution is 5.84. The summed E-state index contributed by atoms with van der Waals surface area (Å²) in [5.74, 6) is 2.40. The highest BCUT2D eigenvalue weighted by Crippen LogP contribution is 2.38. The van der Waals surface area contributed by atoms with Gasteiger partial charge in [-0.3, -0.25) is 9.59 Å². The van der Waals surface area contributed by atoms with Crippen LogP contribution >= 0.6 is 0 Å². The van der Waals surface area contributed by atoms with Crippen molar-refractivity contribution in [1.29, 1.82) is 0 Å². The summed E-state index contributed by atoms with van der Waals surface area (Å²) in [5.41, 5.74) is 0. The summed E-state index contributed by atoms with van der Waals surface area (Å²) in [4.78, 5) is 22.4. The number of carboxylic acids is 1. The lowest BCUT2D eigenvalue weighted by atomic mass is 9.67. The minimum absolute atomic E-state index is 0.122. The summed E-state index contributed by atoms with van der Waals surface area (Å²) >= 11 is 0. The topological polar surface area (TPSA) is 54.4 Å². The van der Waals surface area contributed by atoms with Gasteiger partial charge in [0.25, 0.3) is 0 Å². The molecule has 1 rings (SSSR count). The number of carboxylic acid groups (broad SMARTS) is 1. The third-order valence-electron chi connectivity index (χ3n) is 3.25. The van der Waals surface area contributed by atoms with Crippen LogP contribution in [0.3, 0.4) is 0 Å². The van der Waals surface area contributed by atoms with Gasteiger partial charge in [0.1, 0.15) is 5.78 Å². The van der Waals surface area contributed by atoms with Crippen LogP contribution in [-0.4, -0.2) is 16.9 Å². The minimum atomic E-state index is -0.962. The van der Waals surface area contributed by atoms with Gasteiger partial charge in [-0.05, 0) is 19.8 Å². The van der Waals surface area contributed by atoms with E-state index in [4.69, 9.17) is 18.0 Å². The summed E-state index contributed by atoms with van der Waals surface area (Å²) in [6.07, 6.45) is 11.4. The normalized spacial score (nSPS) is 33.4. The van der Waals surface area contributed by atoms with Gasteiger partial charge in [-0.25, -0.2) is 0 Å². The van der Waals surface area contributed by atoms with Crippen molar-refractivity contribution in [3.05, 3.63) is 0 Å². The highest BCUT2D eigenvalue weighted by Gasteiger charge is 2.41. The van der Waals surface area contributed by atoms with Gasteiger partial charge in [0.05, 0.1) is 5.92 Å². The second-order valence-electron chi connectivity index (χ2n) is 4.18. The van der Waals surface area contributed by atoms with E-state index in [0.717, 1.165) is 0 Å². The van der Waals surface area contributed by atoms with Gasteiger partial charge in [-0.2, -0.15) is 0 Å². The van der Waals surface area contributed by atoms with Gasteiger partial charge in [0.2, 0.25) is 0 Å². The van der Waals surface area contributed by atoms with Crippen LogP contribution in [0.5, 0.6) is 0 Å². The Balaban J connectivity index is 2.96. The van der Waals surface area contributed by atoms with Crippen LogP contribution in [0.15, 0.2) is 0 Å². The molecule has 3 heteroatoms. The van der Waals surface area contributed by atoms with Gasteiger partial charge >= 0.3 is 5.97 Å². The van der Waals surface area contributed by atoms with Crippen LogP contribution in [0.2, 0.25) is 0 Å². The maximum absolute atomic E-state index is 11.4. The zero-order valence-corrected chi connectivity index (χ0v) is 9.14. The molecule has 0 spiro atoms. The van der Waals surface area contributed by atoms with E-state index in [-0.39, 0.29) is 17.6 Å². The Bertz CT molecular complexity index is 345. The molecule has 1 aliphatic rings. The second-order valence-corrected chi connectivity index (χ2v) is 4.18. The Morgan fingerprint density at radius 2 is 1.56 bits per heavy atom. The molecule has 0 radical (unpaired) electrons. The Labute approximate surface area is 95.2 Å². The number of aliphatic carboxylic acids is 1. The summed E-state index contributed by atoms with van der Waals surface area (Å²) < 4.78 is 0. The molecule has 0 aliphatic heterocycles. The SMILES string of the molecule is C#CC1CC(C(C)=O)C(C(=O)O)CC1C#C. The van der Waals surface area contributed by atoms with Crippen LogP contribution in [-0.2, 0) is 9.59 Å². The van der Waals surface area contributed by atoms with Crippen molar-refractivity contribution in [1.82, 2.24) is 0 Å². The predicted molar refractivity (Wildman–Crippen MR) is 59.2 cm³/mol. The molecule has 16 heavy (non-hydrogen) atoms. The molecule has 0 heterocycles. The lowest BCUT2D eigenvalue weighted by Gasteiger charge is -2.34. The number of hydrogen-bond donors (Lipinski definition) is 1. The molecule has 0 amide bonds. The molecule has 1 N–H and O–H groups in total. The minimum Gasteiger partial charge on any atom is -0.481 e. The summed E-state index contributed by atoms with van der Waals surface area (Å²) in [5, 5.41) is 9.06. The lowest BCUT2D eigenvalue weighted by Crippen LogP contribution is -2.38. The van der Waals surface area contributed by atoms with Crippen molar-refractivity contribution in [2.24, 2.45) is 23.7 Å². The molecule has 4 atom stereocenters. The molecule has 0 saturated heterocycles. The first kappa shape index (κ1) is 12.3. The van der Waals surface area contributed by atoms with Gasteiger partial charge in [0, 0.05) is 17.8 Å². The van der Waals surface area contributed by atoms with Gasteiger partial charge in [0.15, 0.2) is 0 Å². The average molecular weight is 218 g/mol. The fraction of sp³-hybridized carbons (Fsp3) is 0.538. The number of ketones is 1. The second kappa shape index (κ2) is 4.86. The van der Waals surface area contributed by atoms with E-state index < -0.39 is 17.8 Å². The van der Waals surface area contributed by atoms with Crippen molar-refractivity contribution >= 4 is 11.8 Å². The van der Waals surface area contributed by atoms with Crippen molar-refractivity contribution in [2.45, 2.75) is 19.8 Å². The molecular formula is C13H14O3. The Kier molecular flexibility index (Phi) is 3.74. The van der Waals surface area contributed by atoms with E-state index in [1.54, 1.807) is 0 Å². The van der Waals surface area contributed by atoms with E-state index >= 15 is 0 Å². The summed E-state index contributed by atoms with van der Waals surface area (Å²) in [6.45, 7) is 1.41. The molecular weight excluding hydrogens is 204 g/mol. The number of hydrogen-bond acceptors (Lipinski definition) is 2.